The molecule has 106 valence electrons. The molecule has 3 nitrogen and oxygen atoms in total. The molecule has 0 aromatic heterocycles. The molecule has 1 aliphatic rings. The molecule has 19 heavy (non-hydrogen) atoms. The van der Waals surface area contributed by atoms with Gasteiger partial charge in [0.2, 0.25) is 0 Å². The van der Waals surface area contributed by atoms with Gasteiger partial charge in [-0.1, -0.05) is 37.3 Å². The van der Waals surface area contributed by atoms with Gasteiger partial charge in [0.1, 0.15) is 0 Å². The molecule has 2 rings (SSSR count). The molecular formula is C16H26N2O. The Balaban J connectivity index is 1.83. The molecule has 1 aromatic rings. The van der Waals surface area contributed by atoms with Crippen molar-refractivity contribution in [1.29, 1.82) is 0 Å². The van der Waals surface area contributed by atoms with Crippen LogP contribution in [0.15, 0.2) is 30.3 Å². The quantitative estimate of drug-likeness (QED) is 0.823. The summed E-state index contributed by atoms with van der Waals surface area (Å²) in [7, 11) is 0. The minimum Gasteiger partial charge on any atom is -0.395 e. The van der Waals surface area contributed by atoms with Gasteiger partial charge in [-0.3, -0.25) is 4.90 Å². The summed E-state index contributed by atoms with van der Waals surface area (Å²) in [6.07, 6.45) is 3.46. The lowest BCUT2D eigenvalue weighted by molar-refractivity contribution is 0.157. The van der Waals surface area contributed by atoms with Gasteiger partial charge in [-0.05, 0) is 31.4 Å². The van der Waals surface area contributed by atoms with Crippen LogP contribution in [0.5, 0.6) is 0 Å². The average Bonchev–Trinajstić information content (AvgIpc) is 2.46. The molecule has 1 fully saturated rings. The molecule has 3 heteroatoms. The van der Waals surface area contributed by atoms with Gasteiger partial charge in [0, 0.05) is 25.2 Å². The summed E-state index contributed by atoms with van der Waals surface area (Å²) in [5.41, 5.74) is 1.39. The van der Waals surface area contributed by atoms with Crippen LogP contribution >= 0.6 is 0 Å². The Morgan fingerprint density at radius 1 is 1.37 bits per heavy atom. The van der Waals surface area contributed by atoms with Gasteiger partial charge >= 0.3 is 0 Å². The number of likely N-dealkylation sites (tertiary alicyclic amines) is 1. The average molecular weight is 262 g/mol. The third-order valence-electron chi connectivity index (χ3n) is 3.94. The lowest BCUT2D eigenvalue weighted by atomic mass is 10.0. The van der Waals surface area contributed by atoms with Gasteiger partial charge in [-0.25, -0.2) is 0 Å². The van der Waals surface area contributed by atoms with Crippen LogP contribution in [0.25, 0.3) is 0 Å². The number of nitrogens with zero attached hydrogens (tertiary/aromatic N) is 1. The molecule has 1 heterocycles. The van der Waals surface area contributed by atoms with Gasteiger partial charge in [-0.15, -0.1) is 0 Å². The van der Waals surface area contributed by atoms with Gasteiger partial charge in [-0.2, -0.15) is 0 Å². The van der Waals surface area contributed by atoms with Gasteiger partial charge in [0.05, 0.1) is 6.61 Å². The molecule has 1 aliphatic heterocycles. The van der Waals surface area contributed by atoms with Crippen molar-refractivity contribution in [3.8, 4) is 0 Å². The largest absolute Gasteiger partial charge is 0.395 e. The van der Waals surface area contributed by atoms with E-state index in [0.29, 0.717) is 6.04 Å². The van der Waals surface area contributed by atoms with Crippen molar-refractivity contribution in [2.45, 2.75) is 44.8 Å². The van der Waals surface area contributed by atoms with E-state index >= 15 is 0 Å². The Kier molecular flexibility index (Phi) is 5.83. The Labute approximate surface area is 116 Å². The molecule has 0 saturated carbocycles. The van der Waals surface area contributed by atoms with Gasteiger partial charge < -0.3 is 10.4 Å². The summed E-state index contributed by atoms with van der Waals surface area (Å²) in [4.78, 5) is 2.51. The normalized spacial score (nSPS) is 22.3. The summed E-state index contributed by atoms with van der Waals surface area (Å²) in [5, 5.41) is 12.9. The molecule has 0 amide bonds. The molecule has 0 radical (unpaired) electrons. The molecule has 2 N–H and O–H groups in total. The second-order valence-electron chi connectivity index (χ2n) is 5.51. The predicted octanol–water partition coefficient (Wildman–Crippen LogP) is 2.01. The first-order chi connectivity index (χ1) is 9.31. The molecule has 0 spiro atoms. The zero-order chi connectivity index (χ0) is 13.5. The molecular weight excluding hydrogens is 236 g/mol. The van der Waals surface area contributed by atoms with Crippen molar-refractivity contribution in [1.82, 2.24) is 10.2 Å². The minimum atomic E-state index is 0.242. The van der Waals surface area contributed by atoms with E-state index in [2.05, 4.69) is 47.5 Å². The fourth-order valence-corrected chi connectivity index (χ4v) is 2.81. The zero-order valence-electron chi connectivity index (χ0n) is 11.9. The first-order valence-corrected chi connectivity index (χ1v) is 7.45. The van der Waals surface area contributed by atoms with Gasteiger partial charge in [0.25, 0.3) is 0 Å². The predicted molar refractivity (Wildman–Crippen MR) is 79.0 cm³/mol. The number of benzene rings is 1. The Bertz CT molecular complexity index is 351. The monoisotopic (exact) mass is 262 g/mol. The number of nitrogens with one attached hydrogen (secondary N) is 1. The lowest BCUT2D eigenvalue weighted by Gasteiger charge is -2.35. The number of hydrogen-bond donors (Lipinski definition) is 2. The topological polar surface area (TPSA) is 35.5 Å². The number of hydrogen-bond acceptors (Lipinski definition) is 3. The second-order valence-corrected chi connectivity index (χ2v) is 5.51. The summed E-state index contributed by atoms with van der Waals surface area (Å²) >= 11 is 0. The summed E-state index contributed by atoms with van der Waals surface area (Å²) in [5.74, 6) is 0. The third-order valence-corrected chi connectivity index (χ3v) is 3.94. The highest BCUT2D eigenvalue weighted by Crippen LogP contribution is 2.14. The fourth-order valence-electron chi connectivity index (χ4n) is 2.81. The van der Waals surface area contributed by atoms with Crippen LogP contribution in [-0.4, -0.2) is 41.8 Å². The second kappa shape index (κ2) is 7.63. The summed E-state index contributed by atoms with van der Waals surface area (Å²) < 4.78 is 0. The maximum absolute atomic E-state index is 9.28. The highest BCUT2D eigenvalue weighted by Gasteiger charge is 2.21. The molecule has 2 unspecified atom stereocenters. The first kappa shape index (κ1) is 14.5. The van der Waals surface area contributed by atoms with E-state index in [9.17, 15) is 5.11 Å². The van der Waals surface area contributed by atoms with Crippen LogP contribution in [0.3, 0.4) is 0 Å². The summed E-state index contributed by atoms with van der Waals surface area (Å²) in [6.45, 7) is 5.67. The smallest absolute Gasteiger partial charge is 0.0584 e. The highest BCUT2D eigenvalue weighted by molar-refractivity contribution is 5.14. The fraction of sp³-hybridized carbons (Fsp3) is 0.625. The molecule has 0 bridgehead atoms. The van der Waals surface area contributed by atoms with Crippen LogP contribution < -0.4 is 5.32 Å². The molecule has 0 aliphatic carbocycles. The standard InChI is InChI=1S/C16H26N2O/c1-2-15(13-19)17-16-9-6-10-18(12-16)11-14-7-4-3-5-8-14/h3-5,7-8,15-17,19H,2,6,9-13H2,1H3. The SMILES string of the molecule is CCC(CO)NC1CCCN(Cc2ccccc2)C1. The number of rotatable bonds is 6. The minimum absolute atomic E-state index is 0.242. The van der Waals surface area contributed by atoms with Crippen LogP contribution in [0.2, 0.25) is 0 Å². The van der Waals surface area contributed by atoms with Crippen molar-refractivity contribution < 1.29 is 5.11 Å². The third kappa shape index (κ3) is 4.60. The number of aliphatic hydroxyl groups excluding tert-OH is 1. The van der Waals surface area contributed by atoms with Crippen LogP contribution in [-0.2, 0) is 6.54 Å². The number of aliphatic hydroxyl groups is 1. The van der Waals surface area contributed by atoms with E-state index in [-0.39, 0.29) is 12.6 Å². The maximum atomic E-state index is 9.28. The number of piperidine rings is 1. The van der Waals surface area contributed by atoms with E-state index in [1.54, 1.807) is 0 Å². The maximum Gasteiger partial charge on any atom is 0.0584 e. The molecule has 1 aromatic carbocycles. The Morgan fingerprint density at radius 3 is 2.84 bits per heavy atom. The van der Waals surface area contributed by atoms with Gasteiger partial charge in [0.15, 0.2) is 0 Å². The van der Waals surface area contributed by atoms with Crippen molar-refractivity contribution in [3.05, 3.63) is 35.9 Å². The van der Waals surface area contributed by atoms with Crippen LogP contribution in [0.4, 0.5) is 0 Å². The Hall–Kier alpha value is -0.900. The van der Waals surface area contributed by atoms with E-state index in [0.717, 1.165) is 19.5 Å². The summed E-state index contributed by atoms with van der Waals surface area (Å²) in [6, 6.07) is 11.4. The highest BCUT2D eigenvalue weighted by atomic mass is 16.3. The Morgan fingerprint density at radius 2 is 2.16 bits per heavy atom. The van der Waals surface area contributed by atoms with E-state index in [4.69, 9.17) is 0 Å². The van der Waals surface area contributed by atoms with Crippen molar-refractivity contribution in [2.75, 3.05) is 19.7 Å². The van der Waals surface area contributed by atoms with E-state index < -0.39 is 0 Å². The van der Waals surface area contributed by atoms with Crippen molar-refractivity contribution in [3.63, 3.8) is 0 Å². The first-order valence-electron chi connectivity index (χ1n) is 7.45. The molecule has 2 atom stereocenters. The van der Waals surface area contributed by atoms with Crippen molar-refractivity contribution in [2.24, 2.45) is 0 Å². The van der Waals surface area contributed by atoms with E-state index in [1.807, 2.05) is 0 Å². The zero-order valence-corrected chi connectivity index (χ0v) is 11.9. The molecule has 1 saturated heterocycles. The van der Waals surface area contributed by atoms with Crippen LogP contribution in [0, 0.1) is 0 Å². The lowest BCUT2D eigenvalue weighted by Crippen LogP contribution is -2.49. The van der Waals surface area contributed by atoms with Crippen molar-refractivity contribution >= 4 is 0 Å². The van der Waals surface area contributed by atoms with E-state index in [1.165, 1.54) is 24.9 Å². The van der Waals surface area contributed by atoms with Crippen LogP contribution in [0.1, 0.15) is 31.7 Å².